The third kappa shape index (κ3) is 1.96. The zero-order valence-corrected chi connectivity index (χ0v) is 9.68. The summed E-state index contributed by atoms with van der Waals surface area (Å²) in [5.74, 6) is 0. The number of thiophene rings is 1. The minimum absolute atomic E-state index is 0.400. The molecule has 0 saturated carbocycles. The van der Waals surface area contributed by atoms with Crippen LogP contribution in [0.2, 0.25) is 5.15 Å². The number of aromatic nitrogens is 2. The van der Waals surface area contributed by atoms with E-state index in [9.17, 15) is 4.79 Å². The van der Waals surface area contributed by atoms with E-state index in [1.54, 1.807) is 18.4 Å². The van der Waals surface area contributed by atoms with E-state index in [0.717, 1.165) is 12.0 Å². The highest BCUT2D eigenvalue weighted by molar-refractivity contribution is 7.09. The topological polar surface area (TPSA) is 34.9 Å². The Balaban J connectivity index is 2.36. The molecule has 0 aliphatic heterocycles. The zero-order valence-electron chi connectivity index (χ0n) is 8.11. The second kappa shape index (κ2) is 4.16. The molecular weight excluding hydrogens is 232 g/mol. The summed E-state index contributed by atoms with van der Waals surface area (Å²) in [5, 5.41) is 6.62. The van der Waals surface area contributed by atoms with E-state index < -0.39 is 0 Å². The number of nitrogens with zero attached hydrogens (tertiary/aromatic N) is 2. The van der Waals surface area contributed by atoms with Crippen LogP contribution >= 0.6 is 22.9 Å². The van der Waals surface area contributed by atoms with E-state index in [1.807, 2.05) is 17.5 Å². The summed E-state index contributed by atoms with van der Waals surface area (Å²) in [6.07, 6.45) is 1.42. The Hall–Kier alpha value is -1.13. The highest BCUT2D eigenvalue weighted by atomic mass is 35.5. The molecule has 5 heteroatoms. The van der Waals surface area contributed by atoms with Crippen LogP contribution in [0, 0.1) is 0 Å². The normalized spacial score (nSPS) is 10.5. The van der Waals surface area contributed by atoms with Gasteiger partial charge in [0.25, 0.3) is 0 Å². The van der Waals surface area contributed by atoms with Crippen LogP contribution in [0.15, 0.2) is 17.5 Å². The molecule has 0 N–H and O–H groups in total. The van der Waals surface area contributed by atoms with Gasteiger partial charge in [0.1, 0.15) is 5.15 Å². The van der Waals surface area contributed by atoms with Crippen molar-refractivity contribution >= 4 is 29.2 Å². The molecule has 2 heterocycles. The summed E-state index contributed by atoms with van der Waals surface area (Å²) in [6, 6.07) is 3.99. The molecule has 15 heavy (non-hydrogen) atoms. The fourth-order valence-electron chi connectivity index (χ4n) is 1.40. The average Bonchev–Trinajstić information content (AvgIpc) is 2.78. The van der Waals surface area contributed by atoms with Crippen LogP contribution in [0.1, 0.15) is 20.9 Å². The molecule has 0 aliphatic carbocycles. The summed E-state index contributed by atoms with van der Waals surface area (Å²) in [4.78, 5) is 12.0. The Labute approximate surface area is 96.3 Å². The standard InChI is InChI=1S/C10H9ClN2OS/c1-13-10(11)8(6-14)9(12-13)5-7-3-2-4-15-7/h2-4,6H,5H2,1H3. The van der Waals surface area contributed by atoms with Gasteiger partial charge in [0.15, 0.2) is 6.29 Å². The highest BCUT2D eigenvalue weighted by Crippen LogP contribution is 2.21. The molecule has 0 bridgehead atoms. The van der Waals surface area contributed by atoms with Gasteiger partial charge in [-0.1, -0.05) is 17.7 Å². The van der Waals surface area contributed by atoms with E-state index >= 15 is 0 Å². The Kier molecular flexibility index (Phi) is 2.88. The molecule has 2 aromatic heterocycles. The van der Waals surface area contributed by atoms with Crippen LogP contribution < -0.4 is 0 Å². The van der Waals surface area contributed by atoms with Gasteiger partial charge in [0.05, 0.1) is 11.3 Å². The quantitative estimate of drug-likeness (QED) is 0.773. The lowest BCUT2D eigenvalue weighted by molar-refractivity contribution is 0.112. The predicted octanol–water partition coefficient (Wildman–Crippen LogP) is 2.54. The monoisotopic (exact) mass is 240 g/mol. The number of carbonyl (C=O) groups is 1. The second-order valence-corrected chi connectivity index (χ2v) is 4.54. The van der Waals surface area contributed by atoms with Crippen molar-refractivity contribution in [1.29, 1.82) is 0 Å². The maximum atomic E-state index is 10.9. The molecule has 0 spiro atoms. The Morgan fingerprint density at radius 2 is 2.47 bits per heavy atom. The van der Waals surface area contributed by atoms with E-state index in [0.29, 0.717) is 17.1 Å². The number of aryl methyl sites for hydroxylation is 1. The van der Waals surface area contributed by atoms with E-state index in [1.165, 1.54) is 9.56 Å². The minimum atomic E-state index is 0.400. The molecular formula is C10H9ClN2OS. The van der Waals surface area contributed by atoms with Gasteiger partial charge in [0, 0.05) is 18.3 Å². The summed E-state index contributed by atoms with van der Waals surface area (Å²) >= 11 is 7.57. The van der Waals surface area contributed by atoms with Crippen LogP contribution in [0.4, 0.5) is 0 Å². The van der Waals surface area contributed by atoms with Gasteiger partial charge in [0.2, 0.25) is 0 Å². The average molecular weight is 241 g/mol. The van der Waals surface area contributed by atoms with Crippen LogP contribution in [0.25, 0.3) is 0 Å². The van der Waals surface area contributed by atoms with Crippen molar-refractivity contribution in [2.75, 3.05) is 0 Å². The van der Waals surface area contributed by atoms with Gasteiger partial charge < -0.3 is 0 Å². The van der Waals surface area contributed by atoms with Gasteiger partial charge in [-0.25, -0.2) is 0 Å². The first kappa shape index (κ1) is 10.4. The highest BCUT2D eigenvalue weighted by Gasteiger charge is 2.14. The number of halogens is 1. The maximum absolute atomic E-state index is 10.9. The van der Waals surface area contributed by atoms with E-state index in [-0.39, 0.29) is 0 Å². The lowest BCUT2D eigenvalue weighted by atomic mass is 10.2. The third-order valence-electron chi connectivity index (χ3n) is 2.13. The fraction of sp³-hybridized carbons (Fsp3) is 0.200. The lowest BCUT2D eigenvalue weighted by Gasteiger charge is -1.93. The van der Waals surface area contributed by atoms with Crippen molar-refractivity contribution in [3.63, 3.8) is 0 Å². The molecule has 78 valence electrons. The molecule has 0 radical (unpaired) electrons. The summed E-state index contributed by atoms with van der Waals surface area (Å²) < 4.78 is 1.52. The second-order valence-electron chi connectivity index (χ2n) is 3.15. The van der Waals surface area contributed by atoms with Crippen molar-refractivity contribution in [3.05, 3.63) is 38.8 Å². The molecule has 0 fully saturated rings. The Bertz CT molecular complexity index is 476. The van der Waals surface area contributed by atoms with Gasteiger partial charge in [-0.15, -0.1) is 11.3 Å². The summed E-state index contributed by atoms with van der Waals surface area (Å²) in [7, 11) is 1.73. The SMILES string of the molecule is Cn1nc(Cc2cccs2)c(C=O)c1Cl. The number of rotatable bonds is 3. The molecule has 3 nitrogen and oxygen atoms in total. The minimum Gasteiger partial charge on any atom is -0.298 e. The van der Waals surface area contributed by atoms with Crippen LogP contribution in [0.3, 0.4) is 0 Å². The molecule has 0 atom stereocenters. The van der Waals surface area contributed by atoms with Crippen molar-refractivity contribution in [3.8, 4) is 0 Å². The van der Waals surface area contributed by atoms with E-state index in [2.05, 4.69) is 5.10 Å². The van der Waals surface area contributed by atoms with Crippen molar-refractivity contribution < 1.29 is 4.79 Å². The third-order valence-corrected chi connectivity index (χ3v) is 3.45. The van der Waals surface area contributed by atoms with Gasteiger partial charge >= 0.3 is 0 Å². The summed E-state index contributed by atoms with van der Waals surface area (Å²) in [6.45, 7) is 0. The molecule has 0 amide bonds. The zero-order chi connectivity index (χ0) is 10.8. The Morgan fingerprint density at radius 3 is 3.07 bits per heavy atom. The fourth-order valence-corrected chi connectivity index (χ4v) is 2.30. The first-order valence-electron chi connectivity index (χ1n) is 4.41. The van der Waals surface area contributed by atoms with Gasteiger partial charge in [-0.3, -0.25) is 9.48 Å². The molecule has 2 aromatic rings. The summed E-state index contributed by atoms with van der Waals surface area (Å²) in [5.41, 5.74) is 1.23. The van der Waals surface area contributed by atoms with Crippen LogP contribution in [0.5, 0.6) is 0 Å². The number of aldehydes is 1. The predicted molar refractivity (Wildman–Crippen MR) is 60.7 cm³/mol. The lowest BCUT2D eigenvalue weighted by Crippen LogP contribution is -1.92. The largest absolute Gasteiger partial charge is 0.298 e. The number of hydrogen-bond acceptors (Lipinski definition) is 3. The first-order valence-corrected chi connectivity index (χ1v) is 5.67. The number of carbonyl (C=O) groups excluding carboxylic acids is 1. The van der Waals surface area contributed by atoms with Crippen LogP contribution in [-0.4, -0.2) is 16.1 Å². The molecule has 0 aromatic carbocycles. The van der Waals surface area contributed by atoms with Crippen molar-refractivity contribution in [1.82, 2.24) is 9.78 Å². The van der Waals surface area contributed by atoms with Crippen molar-refractivity contribution in [2.45, 2.75) is 6.42 Å². The molecule has 0 saturated heterocycles. The van der Waals surface area contributed by atoms with Crippen molar-refractivity contribution in [2.24, 2.45) is 7.05 Å². The first-order chi connectivity index (χ1) is 7.22. The van der Waals surface area contributed by atoms with Gasteiger partial charge in [-0.2, -0.15) is 5.10 Å². The Morgan fingerprint density at radius 1 is 1.67 bits per heavy atom. The maximum Gasteiger partial charge on any atom is 0.155 e. The molecule has 0 unspecified atom stereocenters. The van der Waals surface area contributed by atoms with Crippen LogP contribution in [-0.2, 0) is 13.5 Å². The smallest absolute Gasteiger partial charge is 0.155 e. The molecule has 0 aliphatic rings. The van der Waals surface area contributed by atoms with Gasteiger partial charge in [-0.05, 0) is 11.4 Å². The van der Waals surface area contributed by atoms with E-state index in [4.69, 9.17) is 11.6 Å². The number of hydrogen-bond donors (Lipinski definition) is 0. The molecule has 2 rings (SSSR count).